The van der Waals surface area contributed by atoms with Crippen LogP contribution in [0.2, 0.25) is 10.0 Å². The molecule has 0 N–H and O–H groups in total. The smallest absolute Gasteiger partial charge is 0.218 e. The van der Waals surface area contributed by atoms with Crippen molar-refractivity contribution in [2.24, 2.45) is 0 Å². The number of hydrogen-bond acceptors (Lipinski definition) is 3. The van der Waals surface area contributed by atoms with E-state index in [9.17, 15) is 8.42 Å². The summed E-state index contributed by atoms with van der Waals surface area (Å²) in [5.41, 5.74) is 1.77. The highest BCUT2D eigenvalue weighted by molar-refractivity contribution is 7.88. The topological polar surface area (TPSA) is 40.6 Å². The highest BCUT2D eigenvalue weighted by Gasteiger charge is 2.27. The summed E-state index contributed by atoms with van der Waals surface area (Å²) in [6.07, 6.45) is 0. The molecule has 0 saturated carbocycles. The zero-order valence-corrected chi connectivity index (χ0v) is 15.4. The molecule has 1 saturated heterocycles. The monoisotopic (exact) mass is 384 g/mol. The Bertz CT molecular complexity index is 805. The Morgan fingerprint density at radius 2 is 1.54 bits per heavy atom. The van der Waals surface area contributed by atoms with Gasteiger partial charge in [0, 0.05) is 31.9 Å². The van der Waals surface area contributed by atoms with E-state index >= 15 is 0 Å². The van der Waals surface area contributed by atoms with Crippen LogP contribution < -0.4 is 4.90 Å². The number of piperazine rings is 1. The third kappa shape index (κ3) is 4.03. The predicted octanol–water partition coefficient (Wildman–Crippen LogP) is 3.65. The molecule has 3 rings (SSSR count). The quantitative estimate of drug-likeness (QED) is 0.807. The van der Waals surface area contributed by atoms with Gasteiger partial charge in [-0.15, -0.1) is 0 Å². The van der Waals surface area contributed by atoms with Crippen LogP contribution in [0.3, 0.4) is 0 Å². The molecule has 0 radical (unpaired) electrons. The van der Waals surface area contributed by atoms with Gasteiger partial charge >= 0.3 is 0 Å². The van der Waals surface area contributed by atoms with Crippen molar-refractivity contribution in [3.05, 3.63) is 64.1 Å². The number of anilines is 1. The number of halogens is 2. The molecule has 0 spiro atoms. The van der Waals surface area contributed by atoms with E-state index in [0.717, 1.165) is 5.69 Å². The van der Waals surface area contributed by atoms with Gasteiger partial charge in [0.1, 0.15) is 0 Å². The number of rotatable bonds is 4. The van der Waals surface area contributed by atoms with Crippen molar-refractivity contribution in [1.29, 1.82) is 0 Å². The van der Waals surface area contributed by atoms with E-state index in [0.29, 0.717) is 41.8 Å². The molecule has 7 heteroatoms. The summed E-state index contributed by atoms with van der Waals surface area (Å²) in [5, 5.41) is 0.799. The van der Waals surface area contributed by atoms with Gasteiger partial charge in [-0.3, -0.25) is 0 Å². The van der Waals surface area contributed by atoms with Gasteiger partial charge in [0.2, 0.25) is 10.0 Å². The summed E-state index contributed by atoms with van der Waals surface area (Å²) in [5.74, 6) is -0.0603. The molecule has 0 aliphatic carbocycles. The van der Waals surface area contributed by atoms with Crippen LogP contribution in [-0.4, -0.2) is 38.9 Å². The third-order valence-electron chi connectivity index (χ3n) is 4.09. The molecule has 0 amide bonds. The first kappa shape index (κ1) is 17.5. The van der Waals surface area contributed by atoms with Crippen LogP contribution >= 0.6 is 23.2 Å². The van der Waals surface area contributed by atoms with Crippen LogP contribution in [0, 0.1) is 0 Å². The second-order valence-electron chi connectivity index (χ2n) is 5.73. The fourth-order valence-electron chi connectivity index (χ4n) is 2.79. The van der Waals surface area contributed by atoms with Gasteiger partial charge in [0.15, 0.2) is 0 Å². The van der Waals surface area contributed by atoms with E-state index in [2.05, 4.69) is 4.90 Å². The normalized spacial score (nSPS) is 16.3. The minimum atomic E-state index is -3.37. The minimum Gasteiger partial charge on any atom is -0.369 e. The standard InChI is InChI=1S/C17H18Cl2N2O2S/c18-16-7-6-14(12-17(16)19)13-24(22,23)21-10-8-20(9-11-21)15-4-2-1-3-5-15/h1-7,12H,8-11,13H2. The summed E-state index contributed by atoms with van der Waals surface area (Å²) < 4.78 is 26.8. The van der Waals surface area contributed by atoms with Crippen LogP contribution in [0.25, 0.3) is 0 Å². The van der Waals surface area contributed by atoms with Crippen LogP contribution in [0.1, 0.15) is 5.56 Å². The molecule has 1 aliphatic rings. The lowest BCUT2D eigenvalue weighted by Gasteiger charge is -2.35. The average molecular weight is 385 g/mol. The van der Waals surface area contributed by atoms with Crippen LogP contribution in [0.5, 0.6) is 0 Å². The van der Waals surface area contributed by atoms with Crippen LogP contribution in [0.4, 0.5) is 5.69 Å². The maximum absolute atomic E-state index is 12.6. The molecule has 0 bridgehead atoms. The maximum Gasteiger partial charge on any atom is 0.218 e. The lowest BCUT2D eigenvalue weighted by atomic mass is 10.2. The van der Waals surface area contributed by atoms with Gasteiger partial charge in [-0.1, -0.05) is 47.5 Å². The zero-order chi connectivity index (χ0) is 17.2. The molecule has 24 heavy (non-hydrogen) atoms. The van der Waals surface area contributed by atoms with Crippen molar-refractivity contribution < 1.29 is 8.42 Å². The van der Waals surface area contributed by atoms with Crippen molar-refractivity contribution in [2.45, 2.75) is 5.75 Å². The molecule has 1 aliphatic heterocycles. The SMILES string of the molecule is O=S(=O)(Cc1ccc(Cl)c(Cl)c1)N1CCN(c2ccccc2)CC1. The van der Waals surface area contributed by atoms with Gasteiger partial charge in [0.25, 0.3) is 0 Å². The maximum atomic E-state index is 12.6. The number of sulfonamides is 1. The molecule has 1 fully saturated rings. The largest absolute Gasteiger partial charge is 0.369 e. The first-order valence-corrected chi connectivity index (χ1v) is 10.0. The van der Waals surface area contributed by atoms with E-state index in [1.54, 1.807) is 22.5 Å². The molecular formula is C17H18Cl2N2O2S. The van der Waals surface area contributed by atoms with Crippen molar-refractivity contribution in [1.82, 2.24) is 4.31 Å². The Balaban J connectivity index is 1.65. The van der Waals surface area contributed by atoms with E-state index in [-0.39, 0.29) is 5.75 Å². The lowest BCUT2D eigenvalue weighted by Crippen LogP contribution is -2.49. The minimum absolute atomic E-state index is 0.0603. The molecule has 1 heterocycles. The first-order valence-electron chi connectivity index (χ1n) is 7.67. The number of para-hydroxylation sites is 1. The molecular weight excluding hydrogens is 367 g/mol. The number of nitrogens with zero attached hydrogens (tertiary/aromatic N) is 2. The summed E-state index contributed by atoms with van der Waals surface area (Å²) in [6, 6.07) is 15.0. The van der Waals surface area contributed by atoms with Crippen LogP contribution in [0.15, 0.2) is 48.5 Å². The second-order valence-corrected chi connectivity index (χ2v) is 8.51. The highest BCUT2D eigenvalue weighted by Crippen LogP contribution is 2.25. The van der Waals surface area contributed by atoms with E-state index in [1.807, 2.05) is 30.3 Å². The van der Waals surface area contributed by atoms with Crippen LogP contribution in [-0.2, 0) is 15.8 Å². The predicted molar refractivity (Wildman–Crippen MR) is 99.3 cm³/mol. The summed E-state index contributed by atoms with van der Waals surface area (Å²) in [7, 11) is -3.37. The van der Waals surface area contributed by atoms with E-state index in [1.165, 1.54) is 0 Å². The van der Waals surface area contributed by atoms with Gasteiger partial charge in [0.05, 0.1) is 15.8 Å². The van der Waals surface area contributed by atoms with Gasteiger partial charge < -0.3 is 4.90 Å². The van der Waals surface area contributed by atoms with Gasteiger partial charge in [-0.2, -0.15) is 4.31 Å². The number of benzene rings is 2. The Kier molecular flexibility index (Phi) is 5.35. The molecule has 4 nitrogen and oxygen atoms in total. The summed E-state index contributed by atoms with van der Waals surface area (Å²) in [6.45, 7) is 2.34. The molecule has 0 atom stereocenters. The van der Waals surface area contributed by atoms with Gasteiger partial charge in [-0.25, -0.2) is 8.42 Å². The second kappa shape index (κ2) is 7.31. The first-order chi connectivity index (χ1) is 11.5. The fourth-order valence-corrected chi connectivity index (χ4v) is 4.62. The Labute approximate surface area is 152 Å². The van der Waals surface area contributed by atoms with Crippen molar-refractivity contribution >= 4 is 38.9 Å². The highest BCUT2D eigenvalue weighted by atomic mass is 35.5. The Hall–Kier alpha value is -1.27. The molecule has 128 valence electrons. The average Bonchev–Trinajstić information content (AvgIpc) is 2.59. The van der Waals surface area contributed by atoms with Crippen molar-refractivity contribution in [3.63, 3.8) is 0 Å². The molecule has 2 aromatic carbocycles. The van der Waals surface area contributed by atoms with Crippen molar-refractivity contribution in [2.75, 3.05) is 31.1 Å². The third-order valence-corrected chi connectivity index (χ3v) is 6.68. The fraction of sp³-hybridized carbons (Fsp3) is 0.294. The summed E-state index contributed by atoms with van der Waals surface area (Å²) >= 11 is 11.8. The Morgan fingerprint density at radius 3 is 2.17 bits per heavy atom. The summed E-state index contributed by atoms with van der Waals surface area (Å²) in [4.78, 5) is 2.20. The van der Waals surface area contributed by atoms with E-state index in [4.69, 9.17) is 23.2 Å². The zero-order valence-electron chi connectivity index (χ0n) is 13.0. The number of hydrogen-bond donors (Lipinski definition) is 0. The molecule has 0 unspecified atom stereocenters. The lowest BCUT2D eigenvalue weighted by molar-refractivity contribution is 0.384. The molecule has 0 aromatic heterocycles. The van der Waals surface area contributed by atoms with Gasteiger partial charge in [-0.05, 0) is 29.8 Å². The van der Waals surface area contributed by atoms with E-state index < -0.39 is 10.0 Å². The molecule has 2 aromatic rings. The van der Waals surface area contributed by atoms with Crippen molar-refractivity contribution in [3.8, 4) is 0 Å². The Morgan fingerprint density at radius 1 is 0.875 bits per heavy atom.